The summed E-state index contributed by atoms with van der Waals surface area (Å²) in [6.45, 7) is 0. The number of aromatic nitrogens is 2. The standard InChI is InChI=1S/C10H8N2.H2/c1-3-7-11-9(5-1)10-6-2-4-8-12-10;/h1-8H;1H/i;1+1. The average molecular weight is 159 g/mol. The van der Waals surface area contributed by atoms with Crippen LogP contribution in [-0.4, -0.2) is 9.97 Å². The van der Waals surface area contributed by atoms with Crippen LogP contribution in [0.4, 0.5) is 0 Å². The third-order valence-corrected chi connectivity index (χ3v) is 1.59. The molecular formula is C10H10N2. The third kappa shape index (κ3) is 1.32. The van der Waals surface area contributed by atoms with Gasteiger partial charge >= 0.3 is 0 Å². The van der Waals surface area contributed by atoms with Crippen LogP contribution in [0, 0.1) is 0 Å². The van der Waals surface area contributed by atoms with Gasteiger partial charge in [-0.2, -0.15) is 0 Å². The highest BCUT2D eigenvalue weighted by atomic mass is 14.7. The first-order chi connectivity index (χ1) is 5.97. The van der Waals surface area contributed by atoms with Crippen LogP contribution in [0.15, 0.2) is 48.8 Å². The van der Waals surface area contributed by atoms with Crippen molar-refractivity contribution in [2.45, 2.75) is 0 Å². The van der Waals surface area contributed by atoms with Crippen molar-refractivity contribution in [3.8, 4) is 11.4 Å². The first-order valence-corrected chi connectivity index (χ1v) is 3.79. The maximum atomic E-state index is 4.19. The second kappa shape index (κ2) is 3.13. The molecule has 0 aliphatic carbocycles. The average Bonchev–Trinajstić information content (AvgIpc) is 2.21. The summed E-state index contributed by atoms with van der Waals surface area (Å²) in [6.07, 6.45) is 3.54. The fourth-order valence-corrected chi connectivity index (χ4v) is 1.03. The Hall–Kier alpha value is -1.70. The highest BCUT2D eigenvalue weighted by Crippen LogP contribution is 2.10. The molecule has 0 radical (unpaired) electrons. The Morgan fingerprint density at radius 1 is 0.750 bits per heavy atom. The van der Waals surface area contributed by atoms with Crippen molar-refractivity contribution in [3.05, 3.63) is 48.8 Å². The molecule has 0 aromatic carbocycles. The second-order valence-electron chi connectivity index (χ2n) is 2.43. The lowest BCUT2D eigenvalue weighted by Gasteiger charge is -1.96. The molecule has 2 aromatic rings. The van der Waals surface area contributed by atoms with Gasteiger partial charge in [-0.15, -0.1) is 0 Å². The molecule has 0 atom stereocenters. The normalized spacial score (nSPS) is 9.67. The van der Waals surface area contributed by atoms with Crippen LogP contribution in [0.2, 0.25) is 0 Å². The van der Waals surface area contributed by atoms with Gasteiger partial charge in [-0.1, -0.05) is 12.1 Å². The minimum atomic E-state index is 0. The second-order valence-corrected chi connectivity index (χ2v) is 2.43. The molecule has 0 amide bonds. The van der Waals surface area contributed by atoms with E-state index in [0.717, 1.165) is 11.4 Å². The first kappa shape index (κ1) is 6.98. The van der Waals surface area contributed by atoms with Gasteiger partial charge < -0.3 is 0 Å². The Morgan fingerprint density at radius 3 is 1.58 bits per heavy atom. The smallest absolute Gasteiger partial charge is 0.0886 e. The quantitative estimate of drug-likeness (QED) is 0.638. The predicted molar refractivity (Wildman–Crippen MR) is 49.6 cm³/mol. The van der Waals surface area contributed by atoms with Crippen molar-refractivity contribution < 1.29 is 1.43 Å². The van der Waals surface area contributed by atoms with Crippen LogP contribution in [0.5, 0.6) is 0 Å². The van der Waals surface area contributed by atoms with Gasteiger partial charge in [-0.05, 0) is 24.3 Å². The van der Waals surface area contributed by atoms with Crippen LogP contribution >= 0.6 is 0 Å². The van der Waals surface area contributed by atoms with E-state index in [4.69, 9.17) is 0 Å². The lowest BCUT2D eigenvalue weighted by molar-refractivity contribution is 1.25. The predicted octanol–water partition coefficient (Wildman–Crippen LogP) is 2.39. The summed E-state index contributed by atoms with van der Waals surface area (Å²) in [4.78, 5) is 8.37. The van der Waals surface area contributed by atoms with Crippen LogP contribution in [0.1, 0.15) is 1.43 Å². The summed E-state index contributed by atoms with van der Waals surface area (Å²) in [6, 6.07) is 11.6. The van der Waals surface area contributed by atoms with E-state index in [2.05, 4.69) is 9.97 Å². The molecular weight excluding hydrogens is 148 g/mol. The van der Waals surface area contributed by atoms with Gasteiger partial charge in [0.05, 0.1) is 11.4 Å². The Morgan fingerprint density at radius 2 is 1.25 bits per heavy atom. The van der Waals surface area contributed by atoms with Crippen LogP contribution in [0.3, 0.4) is 0 Å². The lowest BCUT2D eigenvalue weighted by atomic mass is 10.2. The molecule has 0 saturated heterocycles. The van der Waals surface area contributed by atoms with Gasteiger partial charge in [0.1, 0.15) is 0 Å². The van der Waals surface area contributed by atoms with Crippen molar-refractivity contribution in [3.63, 3.8) is 0 Å². The van der Waals surface area contributed by atoms with E-state index < -0.39 is 0 Å². The molecule has 60 valence electrons. The van der Waals surface area contributed by atoms with Crippen LogP contribution in [0.25, 0.3) is 11.4 Å². The topological polar surface area (TPSA) is 25.8 Å². The van der Waals surface area contributed by atoms with Crippen molar-refractivity contribution in [2.75, 3.05) is 0 Å². The van der Waals surface area contributed by atoms with Gasteiger partial charge in [-0.25, -0.2) is 0 Å². The molecule has 2 heteroatoms. The SMILES string of the molecule is [2HH].c1ccc(-c2ccccn2)nc1. The van der Waals surface area contributed by atoms with E-state index in [-0.39, 0.29) is 1.43 Å². The molecule has 2 aromatic heterocycles. The highest BCUT2D eigenvalue weighted by Gasteiger charge is 1.95. The largest absolute Gasteiger partial charge is 0.255 e. The Labute approximate surface area is 72.4 Å². The number of rotatable bonds is 1. The summed E-state index contributed by atoms with van der Waals surface area (Å²) in [5.41, 5.74) is 1.83. The van der Waals surface area contributed by atoms with Gasteiger partial charge in [0.2, 0.25) is 0 Å². The number of pyridine rings is 2. The number of hydrogen-bond donors (Lipinski definition) is 0. The molecule has 2 rings (SSSR count). The van der Waals surface area contributed by atoms with Gasteiger partial charge in [-0.3, -0.25) is 9.97 Å². The minimum Gasteiger partial charge on any atom is -0.255 e. The van der Waals surface area contributed by atoms with Crippen molar-refractivity contribution in [1.82, 2.24) is 9.97 Å². The van der Waals surface area contributed by atoms with E-state index in [1.54, 1.807) is 12.4 Å². The summed E-state index contributed by atoms with van der Waals surface area (Å²) >= 11 is 0. The zero-order valence-corrected chi connectivity index (χ0v) is 6.51. The zero-order valence-electron chi connectivity index (χ0n) is 6.51. The number of nitrogens with zero attached hydrogens (tertiary/aromatic N) is 2. The molecule has 0 aliphatic rings. The molecule has 2 nitrogen and oxygen atoms in total. The van der Waals surface area contributed by atoms with Crippen LogP contribution in [-0.2, 0) is 0 Å². The Kier molecular flexibility index (Phi) is 1.82. The summed E-state index contributed by atoms with van der Waals surface area (Å²) in [5.74, 6) is 0. The Balaban J connectivity index is 0.000000845. The maximum Gasteiger partial charge on any atom is 0.0886 e. The Bertz CT molecular complexity index is 310. The molecule has 0 fully saturated rings. The molecule has 0 saturated carbocycles. The van der Waals surface area contributed by atoms with Crippen molar-refractivity contribution in [2.24, 2.45) is 0 Å². The first-order valence-electron chi connectivity index (χ1n) is 3.79. The lowest BCUT2D eigenvalue weighted by Crippen LogP contribution is -1.83. The molecule has 2 heterocycles. The molecule has 0 aliphatic heterocycles. The van der Waals surface area contributed by atoms with E-state index >= 15 is 0 Å². The van der Waals surface area contributed by atoms with Gasteiger partial charge in [0, 0.05) is 13.8 Å². The monoisotopic (exact) mass is 159 g/mol. The highest BCUT2D eigenvalue weighted by molar-refractivity contribution is 5.52. The van der Waals surface area contributed by atoms with E-state index in [1.165, 1.54) is 0 Å². The zero-order chi connectivity index (χ0) is 8.23. The fourth-order valence-electron chi connectivity index (χ4n) is 1.03. The van der Waals surface area contributed by atoms with Crippen molar-refractivity contribution in [1.29, 1.82) is 0 Å². The summed E-state index contributed by atoms with van der Waals surface area (Å²) < 4.78 is 0. The molecule has 0 bridgehead atoms. The molecule has 12 heavy (non-hydrogen) atoms. The summed E-state index contributed by atoms with van der Waals surface area (Å²) in [7, 11) is 0. The third-order valence-electron chi connectivity index (χ3n) is 1.59. The van der Waals surface area contributed by atoms with E-state index in [1.807, 2.05) is 36.4 Å². The fraction of sp³-hybridized carbons (Fsp3) is 0. The van der Waals surface area contributed by atoms with Gasteiger partial charge in [0.25, 0.3) is 0 Å². The summed E-state index contributed by atoms with van der Waals surface area (Å²) in [5, 5.41) is 0. The molecule has 0 N–H and O–H groups in total. The van der Waals surface area contributed by atoms with Crippen LogP contribution < -0.4 is 0 Å². The maximum absolute atomic E-state index is 4.19. The molecule has 0 unspecified atom stereocenters. The van der Waals surface area contributed by atoms with E-state index in [9.17, 15) is 0 Å². The van der Waals surface area contributed by atoms with Crippen molar-refractivity contribution >= 4 is 0 Å². The molecule has 0 spiro atoms. The minimum absolute atomic E-state index is 0. The van der Waals surface area contributed by atoms with Gasteiger partial charge in [0.15, 0.2) is 0 Å². The number of hydrogen-bond acceptors (Lipinski definition) is 2. The van der Waals surface area contributed by atoms with E-state index in [0.29, 0.717) is 0 Å².